The van der Waals surface area contributed by atoms with Crippen molar-refractivity contribution in [1.29, 1.82) is 0 Å². The topological polar surface area (TPSA) is 20.3 Å². The molecule has 80 valence electrons. The van der Waals surface area contributed by atoms with E-state index in [1.165, 1.54) is 4.90 Å². The Balaban J connectivity index is 2.29. The highest BCUT2D eigenvalue weighted by Gasteiger charge is 2.52. The molecule has 0 N–H and O–H groups in total. The molecular formula is C10H8BrF2NO. The van der Waals surface area contributed by atoms with E-state index in [0.717, 1.165) is 0 Å². The van der Waals surface area contributed by atoms with Crippen LogP contribution in [0, 0.1) is 0 Å². The van der Waals surface area contributed by atoms with Crippen LogP contribution in [0.1, 0.15) is 5.56 Å². The van der Waals surface area contributed by atoms with Gasteiger partial charge in [0.2, 0.25) is 0 Å². The van der Waals surface area contributed by atoms with Crippen molar-refractivity contribution in [1.82, 2.24) is 0 Å². The Morgan fingerprint density at radius 2 is 2.13 bits per heavy atom. The Kier molecular flexibility index (Phi) is 2.50. The Hall–Kier alpha value is -0.970. The zero-order valence-corrected chi connectivity index (χ0v) is 9.30. The molecule has 1 fully saturated rings. The second-order valence-corrected chi connectivity index (χ2v) is 4.62. The molecule has 1 atom stereocenters. The zero-order chi connectivity index (χ0) is 11.1. The molecule has 1 heterocycles. The molecule has 1 aromatic rings. The SMILES string of the molecule is O=C1N(c2ccccc2CF)C[C@@]1(F)Br. The lowest BCUT2D eigenvalue weighted by Crippen LogP contribution is -2.61. The summed E-state index contributed by atoms with van der Waals surface area (Å²) in [5.41, 5.74) is 0.839. The number of amides is 1. The molecular weight excluding hydrogens is 268 g/mol. The van der Waals surface area contributed by atoms with Crippen LogP contribution >= 0.6 is 15.9 Å². The maximum atomic E-state index is 13.2. The van der Waals surface area contributed by atoms with Crippen molar-refractivity contribution >= 4 is 27.5 Å². The summed E-state index contributed by atoms with van der Waals surface area (Å²) < 4.78 is 23.8. The number of hydrogen-bond donors (Lipinski definition) is 0. The van der Waals surface area contributed by atoms with E-state index >= 15 is 0 Å². The largest absolute Gasteiger partial charge is 0.304 e. The number of alkyl halides is 3. The monoisotopic (exact) mass is 275 g/mol. The molecule has 1 aliphatic rings. The quantitative estimate of drug-likeness (QED) is 0.600. The van der Waals surface area contributed by atoms with Crippen molar-refractivity contribution in [3.63, 3.8) is 0 Å². The van der Waals surface area contributed by atoms with Gasteiger partial charge < -0.3 is 4.90 Å². The van der Waals surface area contributed by atoms with Gasteiger partial charge in [-0.2, -0.15) is 0 Å². The number of rotatable bonds is 2. The van der Waals surface area contributed by atoms with Crippen LogP contribution in [0.2, 0.25) is 0 Å². The molecule has 5 heteroatoms. The average molecular weight is 276 g/mol. The molecule has 0 saturated carbocycles. The van der Waals surface area contributed by atoms with Gasteiger partial charge in [-0.25, -0.2) is 8.78 Å². The van der Waals surface area contributed by atoms with Crippen LogP contribution in [0.25, 0.3) is 0 Å². The third-order valence-corrected chi connectivity index (χ3v) is 2.93. The molecule has 0 spiro atoms. The highest BCUT2D eigenvalue weighted by Crippen LogP contribution is 2.38. The van der Waals surface area contributed by atoms with Crippen LogP contribution in [0.4, 0.5) is 14.5 Å². The molecule has 1 saturated heterocycles. The predicted octanol–water partition coefficient (Wildman–Crippen LogP) is 2.56. The number of benzene rings is 1. The van der Waals surface area contributed by atoms with Gasteiger partial charge in [-0.1, -0.05) is 18.2 Å². The number of carbonyl (C=O) groups is 1. The third-order valence-electron chi connectivity index (χ3n) is 2.34. The fourth-order valence-electron chi connectivity index (χ4n) is 1.53. The fraction of sp³-hybridized carbons (Fsp3) is 0.300. The van der Waals surface area contributed by atoms with Crippen LogP contribution in [0.5, 0.6) is 0 Å². The van der Waals surface area contributed by atoms with E-state index in [-0.39, 0.29) is 6.54 Å². The summed E-state index contributed by atoms with van der Waals surface area (Å²) in [6.45, 7) is -0.746. The predicted molar refractivity (Wildman–Crippen MR) is 56.4 cm³/mol. The van der Waals surface area contributed by atoms with E-state index in [1.54, 1.807) is 24.3 Å². The molecule has 1 amide bonds. The van der Waals surface area contributed by atoms with Crippen LogP contribution in [0.3, 0.4) is 0 Å². The Bertz CT molecular complexity index is 408. The van der Waals surface area contributed by atoms with Crippen molar-refractivity contribution in [2.75, 3.05) is 11.4 Å². The molecule has 2 nitrogen and oxygen atoms in total. The minimum Gasteiger partial charge on any atom is -0.304 e. The number of hydrogen-bond acceptors (Lipinski definition) is 1. The van der Waals surface area contributed by atoms with Crippen LogP contribution in [-0.4, -0.2) is 17.0 Å². The van der Waals surface area contributed by atoms with Gasteiger partial charge in [0.1, 0.15) is 6.67 Å². The van der Waals surface area contributed by atoms with Gasteiger partial charge in [0, 0.05) is 11.3 Å². The number of nitrogens with zero attached hydrogens (tertiary/aromatic N) is 1. The van der Waals surface area contributed by atoms with Crippen LogP contribution < -0.4 is 4.90 Å². The first-order chi connectivity index (χ1) is 7.06. The summed E-state index contributed by atoms with van der Waals surface area (Å²) in [6.07, 6.45) is 0. The normalized spacial score (nSPS) is 25.3. The van der Waals surface area contributed by atoms with Crippen LogP contribution in [-0.2, 0) is 11.5 Å². The van der Waals surface area contributed by atoms with E-state index < -0.39 is 17.2 Å². The van der Waals surface area contributed by atoms with Crippen LogP contribution in [0.15, 0.2) is 24.3 Å². The molecule has 0 bridgehead atoms. The Labute approximate surface area is 94.0 Å². The number of halogens is 3. The summed E-state index contributed by atoms with van der Waals surface area (Å²) in [4.78, 5) is 12.6. The lowest BCUT2D eigenvalue weighted by Gasteiger charge is -2.40. The number of para-hydroxylation sites is 1. The summed E-state index contributed by atoms with van der Waals surface area (Å²) in [7, 11) is 0. The van der Waals surface area contributed by atoms with Gasteiger partial charge in [0.05, 0.1) is 6.54 Å². The first kappa shape index (κ1) is 10.5. The fourth-order valence-corrected chi connectivity index (χ4v) is 1.99. The smallest absolute Gasteiger partial charge is 0.277 e. The maximum Gasteiger partial charge on any atom is 0.277 e. The first-order valence-electron chi connectivity index (χ1n) is 4.40. The van der Waals surface area contributed by atoms with Crippen molar-refractivity contribution in [2.24, 2.45) is 0 Å². The van der Waals surface area contributed by atoms with E-state index in [4.69, 9.17) is 0 Å². The van der Waals surface area contributed by atoms with Crippen molar-refractivity contribution < 1.29 is 13.6 Å². The Morgan fingerprint density at radius 3 is 2.67 bits per heavy atom. The van der Waals surface area contributed by atoms with E-state index in [1.807, 2.05) is 0 Å². The van der Waals surface area contributed by atoms with Crippen molar-refractivity contribution in [3.05, 3.63) is 29.8 Å². The highest BCUT2D eigenvalue weighted by atomic mass is 79.9. The molecule has 0 unspecified atom stereocenters. The minimum atomic E-state index is -1.98. The summed E-state index contributed by atoms with van der Waals surface area (Å²) >= 11 is 2.66. The lowest BCUT2D eigenvalue weighted by atomic mass is 10.1. The number of carbonyl (C=O) groups excluding carboxylic acids is 1. The average Bonchev–Trinajstić information content (AvgIpc) is 2.25. The summed E-state index contributed by atoms with van der Waals surface area (Å²) in [6, 6.07) is 6.55. The molecule has 15 heavy (non-hydrogen) atoms. The number of β-lactam (4-membered cyclic amide) rings is 1. The second-order valence-electron chi connectivity index (χ2n) is 3.36. The van der Waals surface area contributed by atoms with E-state index in [0.29, 0.717) is 11.3 Å². The molecule has 0 aromatic heterocycles. The van der Waals surface area contributed by atoms with Gasteiger partial charge in [-0.05, 0) is 22.0 Å². The molecule has 0 aliphatic carbocycles. The molecule has 2 rings (SSSR count). The number of anilines is 1. The standard InChI is InChI=1S/C10H8BrF2NO/c11-10(13)6-14(9(10)15)8-4-2-1-3-7(8)5-12/h1-4H,5-6H2/t10-/m0/s1. The van der Waals surface area contributed by atoms with Crippen molar-refractivity contribution in [2.45, 2.75) is 11.3 Å². The lowest BCUT2D eigenvalue weighted by molar-refractivity contribution is -0.130. The summed E-state index contributed by atoms with van der Waals surface area (Å²) in [5.74, 6) is -0.677. The van der Waals surface area contributed by atoms with Gasteiger partial charge in [0.15, 0.2) is 0 Å². The van der Waals surface area contributed by atoms with Gasteiger partial charge in [-0.15, -0.1) is 0 Å². The van der Waals surface area contributed by atoms with Gasteiger partial charge in [0.25, 0.3) is 10.5 Å². The summed E-state index contributed by atoms with van der Waals surface area (Å²) in [5, 5.41) is 0. The van der Waals surface area contributed by atoms with E-state index in [9.17, 15) is 13.6 Å². The molecule has 0 radical (unpaired) electrons. The first-order valence-corrected chi connectivity index (χ1v) is 5.19. The second kappa shape index (κ2) is 3.56. The highest BCUT2D eigenvalue weighted by molar-refractivity contribution is 9.10. The van der Waals surface area contributed by atoms with Crippen molar-refractivity contribution in [3.8, 4) is 0 Å². The zero-order valence-electron chi connectivity index (χ0n) is 7.71. The third kappa shape index (κ3) is 1.65. The van der Waals surface area contributed by atoms with E-state index in [2.05, 4.69) is 15.9 Å². The van der Waals surface area contributed by atoms with Gasteiger partial charge in [-0.3, -0.25) is 4.79 Å². The molecule has 1 aromatic carbocycles. The maximum absolute atomic E-state index is 13.2. The molecule has 1 aliphatic heterocycles. The van der Waals surface area contributed by atoms with Gasteiger partial charge >= 0.3 is 0 Å². The Morgan fingerprint density at radius 1 is 1.47 bits per heavy atom. The minimum absolute atomic E-state index is 0.0805.